The number of carbonyl (C=O) groups excluding carboxylic acids is 1. The van der Waals surface area contributed by atoms with Crippen molar-refractivity contribution < 1.29 is 14.7 Å². The highest BCUT2D eigenvalue weighted by Gasteiger charge is 2.18. The highest BCUT2D eigenvalue weighted by molar-refractivity contribution is 7.11. The number of H-pyrrole nitrogens is 1. The second-order valence-electron chi connectivity index (χ2n) is 3.61. The van der Waals surface area contributed by atoms with Crippen LogP contribution in [-0.4, -0.2) is 44.1 Å². The smallest absolute Gasteiger partial charge is 0.355 e. The predicted octanol–water partition coefficient (Wildman–Crippen LogP) is 0.837. The fourth-order valence-corrected chi connectivity index (χ4v) is 2.13. The van der Waals surface area contributed by atoms with E-state index >= 15 is 0 Å². The SMILES string of the molecule is CN(Cc1cn[nH]c1)C(=O)c1nc(C(=O)O)cs1. The van der Waals surface area contributed by atoms with Gasteiger partial charge in [0.15, 0.2) is 10.7 Å². The molecular weight excluding hydrogens is 256 g/mol. The van der Waals surface area contributed by atoms with Crippen molar-refractivity contribution in [3.05, 3.63) is 34.0 Å². The van der Waals surface area contributed by atoms with Crippen LogP contribution in [0.4, 0.5) is 0 Å². The number of hydrogen-bond acceptors (Lipinski definition) is 5. The molecule has 0 radical (unpaired) electrons. The van der Waals surface area contributed by atoms with Crippen LogP contribution in [0.1, 0.15) is 25.9 Å². The zero-order valence-corrected chi connectivity index (χ0v) is 10.3. The van der Waals surface area contributed by atoms with E-state index in [2.05, 4.69) is 15.2 Å². The number of rotatable bonds is 4. The highest BCUT2D eigenvalue weighted by atomic mass is 32.1. The van der Waals surface area contributed by atoms with Crippen molar-refractivity contribution in [3.8, 4) is 0 Å². The Morgan fingerprint density at radius 3 is 2.89 bits per heavy atom. The number of aromatic carboxylic acids is 1. The first kappa shape index (κ1) is 12.2. The highest BCUT2D eigenvalue weighted by Crippen LogP contribution is 2.13. The number of nitrogens with one attached hydrogen (secondary N) is 1. The van der Waals surface area contributed by atoms with Crippen molar-refractivity contribution in [1.29, 1.82) is 0 Å². The van der Waals surface area contributed by atoms with E-state index < -0.39 is 5.97 Å². The molecule has 2 aromatic rings. The van der Waals surface area contributed by atoms with Crippen LogP contribution >= 0.6 is 11.3 Å². The molecule has 0 fully saturated rings. The molecule has 8 heteroatoms. The molecule has 0 spiro atoms. The van der Waals surface area contributed by atoms with Gasteiger partial charge in [0.05, 0.1) is 6.20 Å². The van der Waals surface area contributed by atoms with Crippen LogP contribution in [0.2, 0.25) is 0 Å². The van der Waals surface area contributed by atoms with Crippen molar-refractivity contribution in [1.82, 2.24) is 20.1 Å². The first-order valence-electron chi connectivity index (χ1n) is 5.00. The van der Waals surface area contributed by atoms with Crippen molar-refractivity contribution in [2.45, 2.75) is 6.54 Å². The summed E-state index contributed by atoms with van der Waals surface area (Å²) in [5.41, 5.74) is 0.751. The molecule has 2 aromatic heterocycles. The van der Waals surface area contributed by atoms with E-state index in [0.29, 0.717) is 6.54 Å². The van der Waals surface area contributed by atoms with Crippen molar-refractivity contribution in [2.24, 2.45) is 0 Å². The van der Waals surface area contributed by atoms with E-state index in [9.17, 15) is 9.59 Å². The lowest BCUT2D eigenvalue weighted by Gasteiger charge is -2.13. The lowest BCUT2D eigenvalue weighted by atomic mass is 10.3. The molecule has 94 valence electrons. The van der Waals surface area contributed by atoms with E-state index in [1.54, 1.807) is 19.4 Å². The summed E-state index contributed by atoms with van der Waals surface area (Å²) >= 11 is 1.02. The fourth-order valence-electron chi connectivity index (χ4n) is 1.34. The Morgan fingerprint density at radius 2 is 2.33 bits per heavy atom. The molecule has 0 aliphatic heterocycles. The Balaban J connectivity index is 2.08. The van der Waals surface area contributed by atoms with E-state index in [-0.39, 0.29) is 16.6 Å². The minimum absolute atomic E-state index is 0.111. The van der Waals surface area contributed by atoms with Gasteiger partial charge in [-0.3, -0.25) is 9.89 Å². The van der Waals surface area contributed by atoms with Crippen LogP contribution in [0.15, 0.2) is 17.8 Å². The minimum atomic E-state index is -1.14. The van der Waals surface area contributed by atoms with Gasteiger partial charge in [0.2, 0.25) is 0 Å². The Morgan fingerprint density at radius 1 is 1.56 bits per heavy atom. The normalized spacial score (nSPS) is 10.3. The minimum Gasteiger partial charge on any atom is -0.476 e. The Bertz CT molecular complexity index is 563. The van der Waals surface area contributed by atoms with Gasteiger partial charge in [-0.2, -0.15) is 5.10 Å². The first-order valence-corrected chi connectivity index (χ1v) is 5.88. The van der Waals surface area contributed by atoms with E-state index in [1.807, 2.05) is 0 Å². The maximum Gasteiger partial charge on any atom is 0.355 e. The maximum atomic E-state index is 12.0. The molecule has 2 rings (SSSR count). The molecule has 0 aromatic carbocycles. The summed E-state index contributed by atoms with van der Waals surface area (Å²) in [6.45, 7) is 0.386. The third-order valence-electron chi connectivity index (χ3n) is 2.23. The van der Waals surface area contributed by atoms with Crippen molar-refractivity contribution in [3.63, 3.8) is 0 Å². The molecule has 7 nitrogen and oxygen atoms in total. The number of carboxylic acid groups (broad SMARTS) is 1. The lowest BCUT2D eigenvalue weighted by Crippen LogP contribution is -2.26. The second kappa shape index (κ2) is 4.96. The summed E-state index contributed by atoms with van der Waals surface area (Å²) in [6.07, 6.45) is 3.31. The van der Waals surface area contributed by atoms with Gasteiger partial charge in [-0.05, 0) is 0 Å². The van der Waals surface area contributed by atoms with E-state index in [4.69, 9.17) is 5.11 Å². The molecule has 2 N–H and O–H groups in total. The number of nitrogens with zero attached hydrogens (tertiary/aromatic N) is 3. The zero-order valence-electron chi connectivity index (χ0n) is 9.45. The number of carbonyl (C=O) groups is 2. The van der Waals surface area contributed by atoms with Crippen LogP contribution in [0, 0.1) is 0 Å². The van der Waals surface area contributed by atoms with Gasteiger partial charge < -0.3 is 10.0 Å². The molecule has 2 heterocycles. The van der Waals surface area contributed by atoms with Gasteiger partial charge in [-0.15, -0.1) is 11.3 Å². The van der Waals surface area contributed by atoms with Crippen LogP contribution < -0.4 is 0 Å². The van der Waals surface area contributed by atoms with Crippen LogP contribution in [-0.2, 0) is 6.54 Å². The van der Waals surface area contributed by atoms with E-state index in [1.165, 1.54) is 10.3 Å². The summed E-state index contributed by atoms with van der Waals surface area (Å²) in [4.78, 5) is 27.8. The third-order valence-corrected chi connectivity index (χ3v) is 3.06. The second-order valence-corrected chi connectivity index (χ2v) is 4.47. The average Bonchev–Trinajstić information content (AvgIpc) is 2.98. The van der Waals surface area contributed by atoms with Gasteiger partial charge >= 0.3 is 5.97 Å². The van der Waals surface area contributed by atoms with Crippen molar-refractivity contribution >= 4 is 23.2 Å². The number of hydrogen-bond donors (Lipinski definition) is 2. The Hall–Kier alpha value is -2.22. The van der Waals surface area contributed by atoms with Gasteiger partial charge in [0.25, 0.3) is 5.91 Å². The van der Waals surface area contributed by atoms with Crippen LogP contribution in [0.5, 0.6) is 0 Å². The lowest BCUT2D eigenvalue weighted by molar-refractivity contribution is 0.0691. The molecule has 0 aliphatic carbocycles. The fraction of sp³-hybridized carbons (Fsp3) is 0.200. The molecule has 0 aliphatic rings. The van der Waals surface area contributed by atoms with Crippen LogP contribution in [0.3, 0.4) is 0 Å². The molecule has 1 amide bonds. The maximum absolute atomic E-state index is 12.0. The predicted molar refractivity (Wildman–Crippen MR) is 63.5 cm³/mol. The van der Waals surface area contributed by atoms with Gasteiger partial charge in [-0.1, -0.05) is 0 Å². The first-order chi connectivity index (χ1) is 8.58. The summed E-state index contributed by atoms with van der Waals surface area (Å²) in [7, 11) is 1.62. The largest absolute Gasteiger partial charge is 0.476 e. The number of aromatic nitrogens is 3. The topological polar surface area (TPSA) is 99.2 Å². The van der Waals surface area contributed by atoms with Crippen LogP contribution in [0.25, 0.3) is 0 Å². The molecule has 18 heavy (non-hydrogen) atoms. The molecule has 0 unspecified atom stereocenters. The molecule has 0 saturated carbocycles. The molecule has 0 atom stereocenters. The molecule has 0 bridgehead atoms. The van der Waals surface area contributed by atoms with E-state index in [0.717, 1.165) is 16.9 Å². The Labute approximate surface area is 106 Å². The number of thiazole rings is 1. The number of carboxylic acids is 1. The number of aromatic amines is 1. The van der Waals surface area contributed by atoms with Crippen molar-refractivity contribution in [2.75, 3.05) is 7.05 Å². The summed E-state index contributed by atoms with van der Waals surface area (Å²) < 4.78 is 0. The summed E-state index contributed by atoms with van der Waals surface area (Å²) in [6, 6.07) is 0. The number of amides is 1. The quantitative estimate of drug-likeness (QED) is 0.854. The standard InChI is InChI=1S/C10H10N4O3S/c1-14(4-6-2-11-12-3-6)9(15)8-13-7(5-18-8)10(16)17/h2-3,5H,4H2,1H3,(H,11,12)(H,16,17). The monoisotopic (exact) mass is 266 g/mol. The zero-order chi connectivity index (χ0) is 13.1. The van der Waals surface area contributed by atoms with Gasteiger partial charge in [0, 0.05) is 30.7 Å². The average molecular weight is 266 g/mol. The third kappa shape index (κ3) is 2.54. The Kier molecular flexibility index (Phi) is 3.38. The molecule has 0 saturated heterocycles. The van der Waals surface area contributed by atoms with Gasteiger partial charge in [-0.25, -0.2) is 9.78 Å². The molecular formula is C10H10N4O3S. The summed E-state index contributed by atoms with van der Waals surface area (Å²) in [5, 5.41) is 16.7. The summed E-state index contributed by atoms with van der Waals surface area (Å²) in [5.74, 6) is -1.45. The van der Waals surface area contributed by atoms with Gasteiger partial charge in [0.1, 0.15) is 0 Å².